The number of rotatable bonds is 9. The largest absolute Gasteiger partial charge is 0.484 e. The van der Waals surface area contributed by atoms with Crippen molar-refractivity contribution in [1.29, 1.82) is 0 Å². The SMILES string of the molecule is CCNC(=O)COc1cccc(NC(=O)Nc2cccc(CCC(=O)O)c2)c1. The molecule has 8 heteroatoms. The third-order valence-corrected chi connectivity index (χ3v) is 3.65. The Morgan fingerprint density at radius 2 is 1.68 bits per heavy atom. The lowest BCUT2D eigenvalue weighted by molar-refractivity contribution is -0.137. The van der Waals surface area contributed by atoms with E-state index in [1.54, 1.807) is 42.5 Å². The van der Waals surface area contributed by atoms with Crippen LogP contribution in [-0.2, 0) is 16.0 Å². The van der Waals surface area contributed by atoms with Crippen molar-refractivity contribution in [3.63, 3.8) is 0 Å². The van der Waals surface area contributed by atoms with Crippen molar-refractivity contribution in [3.8, 4) is 5.75 Å². The lowest BCUT2D eigenvalue weighted by Crippen LogP contribution is -2.28. The van der Waals surface area contributed by atoms with Crippen LogP contribution in [0.25, 0.3) is 0 Å². The second-order valence-electron chi connectivity index (χ2n) is 5.94. The molecular formula is C20H23N3O5. The van der Waals surface area contributed by atoms with Crippen molar-refractivity contribution < 1.29 is 24.2 Å². The van der Waals surface area contributed by atoms with Crippen LogP contribution in [0.4, 0.5) is 16.2 Å². The molecule has 0 fully saturated rings. The molecule has 8 nitrogen and oxygen atoms in total. The second-order valence-corrected chi connectivity index (χ2v) is 5.94. The molecular weight excluding hydrogens is 362 g/mol. The molecule has 0 spiro atoms. The quantitative estimate of drug-likeness (QED) is 0.530. The highest BCUT2D eigenvalue weighted by Gasteiger charge is 2.06. The van der Waals surface area contributed by atoms with E-state index >= 15 is 0 Å². The van der Waals surface area contributed by atoms with Crippen molar-refractivity contribution in [1.82, 2.24) is 5.32 Å². The molecule has 0 bridgehead atoms. The summed E-state index contributed by atoms with van der Waals surface area (Å²) in [6, 6.07) is 13.3. The second kappa shape index (κ2) is 10.6. The molecule has 2 aromatic rings. The number of hydrogen-bond acceptors (Lipinski definition) is 4. The third kappa shape index (κ3) is 7.36. The number of likely N-dealkylation sites (N-methyl/N-ethyl adjacent to an activating group) is 1. The summed E-state index contributed by atoms with van der Waals surface area (Å²) in [5, 5.41) is 16.8. The molecule has 3 amide bonds. The number of aryl methyl sites for hydroxylation is 1. The van der Waals surface area contributed by atoms with Gasteiger partial charge in [0.1, 0.15) is 5.75 Å². The number of carboxylic acids is 1. The van der Waals surface area contributed by atoms with E-state index < -0.39 is 12.0 Å². The minimum absolute atomic E-state index is 0.0265. The Bertz CT molecular complexity index is 838. The minimum atomic E-state index is -0.870. The van der Waals surface area contributed by atoms with Crippen LogP contribution in [0.1, 0.15) is 18.9 Å². The van der Waals surface area contributed by atoms with Gasteiger partial charge in [0.15, 0.2) is 6.61 Å². The number of benzene rings is 2. The zero-order chi connectivity index (χ0) is 20.4. The summed E-state index contributed by atoms with van der Waals surface area (Å²) in [5.74, 6) is -0.633. The van der Waals surface area contributed by atoms with Gasteiger partial charge in [0.2, 0.25) is 0 Å². The molecule has 148 valence electrons. The third-order valence-electron chi connectivity index (χ3n) is 3.65. The van der Waals surface area contributed by atoms with Gasteiger partial charge >= 0.3 is 12.0 Å². The molecule has 0 saturated carbocycles. The predicted octanol–water partition coefficient (Wildman–Crippen LogP) is 2.86. The maximum absolute atomic E-state index is 12.2. The molecule has 2 rings (SSSR count). The van der Waals surface area contributed by atoms with Gasteiger partial charge in [0, 0.05) is 30.4 Å². The van der Waals surface area contributed by atoms with Crippen molar-refractivity contribution in [3.05, 3.63) is 54.1 Å². The Labute approximate surface area is 162 Å². The first kappa shape index (κ1) is 20.8. The van der Waals surface area contributed by atoms with Crippen LogP contribution in [0.5, 0.6) is 5.75 Å². The number of hydrogen-bond donors (Lipinski definition) is 4. The van der Waals surface area contributed by atoms with Crippen LogP contribution in [0.15, 0.2) is 48.5 Å². The molecule has 0 aromatic heterocycles. The Kier molecular flexibility index (Phi) is 7.83. The van der Waals surface area contributed by atoms with Crippen LogP contribution >= 0.6 is 0 Å². The molecule has 0 unspecified atom stereocenters. The van der Waals surface area contributed by atoms with E-state index in [1.807, 2.05) is 13.0 Å². The molecule has 28 heavy (non-hydrogen) atoms. The Morgan fingerprint density at radius 1 is 1.00 bits per heavy atom. The van der Waals surface area contributed by atoms with Gasteiger partial charge in [-0.2, -0.15) is 0 Å². The van der Waals surface area contributed by atoms with Crippen molar-refractivity contribution in [2.75, 3.05) is 23.8 Å². The fourth-order valence-corrected chi connectivity index (χ4v) is 2.41. The van der Waals surface area contributed by atoms with Gasteiger partial charge in [-0.25, -0.2) is 4.79 Å². The maximum atomic E-state index is 12.2. The van der Waals surface area contributed by atoms with Crippen molar-refractivity contribution in [2.24, 2.45) is 0 Å². The summed E-state index contributed by atoms with van der Waals surface area (Å²) in [7, 11) is 0. The normalized spacial score (nSPS) is 10.0. The number of urea groups is 1. The van der Waals surface area contributed by atoms with E-state index in [0.717, 1.165) is 5.56 Å². The van der Waals surface area contributed by atoms with Gasteiger partial charge < -0.3 is 25.8 Å². The number of anilines is 2. The first-order valence-corrected chi connectivity index (χ1v) is 8.84. The average Bonchev–Trinajstić information content (AvgIpc) is 2.65. The van der Waals surface area contributed by atoms with E-state index in [-0.39, 0.29) is 18.9 Å². The van der Waals surface area contributed by atoms with Gasteiger partial charge in [-0.1, -0.05) is 18.2 Å². The molecule has 0 aliphatic rings. The highest BCUT2D eigenvalue weighted by Crippen LogP contribution is 2.18. The highest BCUT2D eigenvalue weighted by atomic mass is 16.5. The standard InChI is InChI=1S/C20H23N3O5/c1-2-21-18(24)13-28-17-8-4-7-16(12-17)23-20(27)22-15-6-3-5-14(11-15)9-10-19(25)26/h3-8,11-12H,2,9-10,13H2,1H3,(H,21,24)(H,25,26)(H2,22,23,27). The number of carbonyl (C=O) groups is 3. The first-order chi connectivity index (χ1) is 13.5. The zero-order valence-corrected chi connectivity index (χ0v) is 15.5. The number of aliphatic carboxylic acids is 1. The van der Waals surface area contributed by atoms with Crippen LogP contribution in [0.3, 0.4) is 0 Å². The Hall–Kier alpha value is -3.55. The van der Waals surface area contributed by atoms with Gasteiger partial charge in [-0.05, 0) is 43.2 Å². The van der Waals surface area contributed by atoms with Crippen LogP contribution in [0, 0.1) is 0 Å². The number of carboxylic acid groups (broad SMARTS) is 1. The summed E-state index contributed by atoms with van der Waals surface area (Å²) in [6.07, 6.45) is 0.413. The number of ether oxygens (including phenoxy) is 1. The summed E-state index contributed by atoms with van der Waals surface area (Å²) in [4.78, 5) is 34.3. The lowest BCUT2D eigenvalue weighted by Gasteiger charge is -2.11. The predicted molar refractivity (Wildman–Crippen MR) is 106 cm³/mol. The maximum Gasteiger partial charge on any atom is 0.323 e. The molecule has 0 heterocycles. The zero-order valence-electron chi connectivity index (χ0n) is 15.5. The summed E-state index contributed by atoms with van der Waals surface area (Å²) in [5.41, 5.74) is 1.89. The average molecular weight is 385 g/mol. The van der Waals surface area contributed by atoms with E-state index in [2.05, 4.69) is 16.0 Å². The molecule has 0 aliphatic carbocycles. The molecule has 0 atom stereocenters. The molecule has 0 radical (unpaired) electrons. The summed E-state index contributed by atoms with van der Waals surface area (Å²) < 4.78 is 5.39. The fourth-order valence-electron chi connectivity index (χ4n) is 2.41. The van der Waals surface area contributed by atoms with Gasteiger partial charge in [-0.3, -0.25) is 9.59 Å². The number of amides is 3. The lowest BCUT2D eigenvalue weighted by atomic mass is 10.1. The highest BCUT2D eigenvalue weighted by molar-refractivity contribution is 5.99. The van der Waals surface area contributed by atoms with Gasteiger partial charge in [0.25, 0.3) is 5.91 Å². The Morgan fingerprint density at radius 3 is 2.36 bits per heavy atom. The van der Waals surface area contributed by atoms with Gasteiger partial charge in [-0.15, -0.1) is 0 Å². The van der Waals surface area contributed by atoms with E-state index in [4.69, 9.17) is 9.84 Å². The number of carbonyl (C=O) groups excluding carboxylic acids is 2. The van der Waals surface area contributed by atoms with E-state index in [1.165, 1.54) is 0 Å². The minimum Gasteiger partial charge on any atom is -0.484 e. The summed E-state index contributed by atoms with van der Waals surface area (Å²) >= 11 is 0. The fraction of sp³-hybridized carbons (Fsp3) is 0.250. The molecule has 0 saturated heterocycles. The van der Waals surface area contributed by atoms with Crippen LogP contribution in [-0.4, -0.2) is 36.2 Å². The van der Waals surface area contributed by atoms with Crippen LogP contribution < -0.4 is 20.7 Å². The summed E-state index contributed by atoms with van der Waals surface area (Å²) in [6.45, 7) is 2.25. The topological polar surface area (TPSA) is 117 Å². The molecule has 2 aromatic carbocycles. The van der Waals surface area contributed by atoms with Crippen molar-refractivity contribution >= 4 is 29.3 Å². The van der Waals surface area contributed by atoms with Crippen LogP contribution in [0.2, 0.25) is 0 Å². The molecule has 0 aliphatic heterocycles. The van der Waals surface area contributed by atoms with Crippen molar-refractivity contribution in [2.45, 2.75) is 19.8 Å². The van der Waals surface area contributed by atoms with E-state index in [9.17, 15) is 14.4 Å². The molecule has 4 N–H and O–H groups in total. The van der Waals surface area contributed by atoms with E-state index in [0.29, 0.717) is 30.1 Å². The smallest absolute Gasteiger partial charge is 0.323 e. The van der Waals surface area contributed by atoms with Gasteiger partial charge in [0.05, 0.1) is 0 Å². The first-order valence-electron chi connectivity index (χ1n) is 8.84. The number of nitrogens with one attached hydrogen (secondary N) is 3. The Balaban J connectivity index is 1.90. The monoisotopic (exact) mass is 385 g/mol.